The largest absolute Gasteiger partial charge is 0.339 e. The number of imidazole rings is 1. The number of carbonyl (C=O) groups excluding carboxylic acids is 1. The van der Waals surface area contributed by atoms with E-state index in [2.05, 4.69) is 4.98 Å². The van der Waals surface area contributed by atoms with E-state index in [-0.39, 0.29) is 28.9 Å². The molecular formula is C18H25N5O5S2. The lowest BCUT2D eigenvalue weighted by Crippen LogP contribution is -2.37. The molecule has 2 aromatic rings. The van der Waals surface area contributed by atoms with Crippen LogP contribution in [0.5, 0.6) is 0 Å². The van der Waals surface area contributed by atoms with E-state index in [1.807, 2.05) is 0 Å². The minimum atomic E-state index is -3.72. The lowest BCUT2D eigenvalue weighted by atomic mass is 10.2. The third kappa shape index (κ3) is 4.41. The predicted molar refractivity (Wildman–Crippen MR) is 110 cm³/mol. The molecule has 1 aliphatic rings. The van der Waals surface area contributed by atoms with Crippen LogP contribution in [0.3, 0.4) is 0 Å². The van der Waals surface area contributed by atoms with Gasteiger partial charge in [-0.1, -0.05) is 0 Å². The average molecular weight is 456 g/mol. The Morgan fingerprint density at radius 1 is 1.00 bits per heavy atom. The molecule has 0 atom stereocenters. The fraction of sp³-hybridized carbons (Fsp3) is 0.444. The summed E-state index contributed by atoms with van der Waals surface area (Å²) in [6, 6.07) is 5.76. The highest BCUT2D eigenvalue weighted by atomic mass is 32.2. The summed E-state index contributed by atoms with van der Waals surface area (Å²) in [4.78, 5) is 18.5. The second kappa shape index (κ2) is 8.46. The molecular weight excluding hydrogens is 430 g/mol. The third-order valence-corrected chi connectivity index (χ3v) is 8.52. The molecule has 10 nitrogen and oxygen atoms in total. The molecule has 1 aromatic carbocycles. The van der Waals surface area contributed by atoms with Gasteiger partial charge in [-0.25, -0.2) is 26.1 Å². The zero-order chi connectivity index (χ0) is 22.1. The van der Waals surface area contributed by atoms with Gasteiger partial charge in [0.05, 0.1) is 11.2 Å². The van der Waals surface area contributed by atoms with Gasteiger partial charge in [-0.3, -0.25) is 4.79 Å². The summed E-state index contributed by atoms with van der Waals surface area (Å²) >= 11 is 0. The van der Waals surface area contributed by atoms with Crippen molar-refractivity contribution in [3.8, 4) is 0 Å². The molecule has 0 bridgehead atoms. The Kier molecular flexibility index (Phi) is 6.32. The van der Waals surface area contributed by atoms with Crippen LogP contribution in [0, 0.1) is 0 Å². The van der Waals surface area contributed by atoms with Gasteiger partial charge in [0.25, 0.3) is 15.9 Å². The number of aryl methyl sites for hydroxylation is 1. The van der Waals surface area contributed by atoms with E-state index in [9.17, 15) is 21.6 Å². The van der Waals surface area contributed by atoms with E-state index in [4.69, 9.17) is 0 Å². The van der Waals surface area contributed by atoms with Crippen molar-refractivity contribution in [1.29, 1.82) is 0 Å². The van der Waals surface area contributed by atoms with Crippen molar-refractivity contribution in [1.82, 2.24) is 23.1 Å². The van der Waals surface area contributed by atoms with Crippen LogP contribution >= 0.6 is 0 Å². The Labute approximate surface area is 176 Å². The summed E-state index contributed by atoms with van der Waals surface area (Å²) in [6.45, 7) is 1.11. The van der Waals surface area contributed by atoms with E-state index in [1.165, 1.54) is 55.2 Å². The molecule has 1 saturated heterocycles. The summed E-state index contributed by atoms with van der Waals surface area (Å²) in [6.07, 6.45) is 3.37. The summed E-state index contributed by atoms with van der Waals surface area (Å²) in [7, 11) is -2.71. The van der Waals surface area contributed by atoms with Crippen molar-refractivity contribution in [3.63, 3.8) is 0 Å². The summed E-state index contributed by atoms with van der Waals surface area (Å²) in [5.41, 5.74) is 0.355. The molecule has 1 amide bonds. The topological polar surface area (TPSA) is 113 Å². The van der Waals surface area contributed by atoms with Crippen LogP contribution in [-0.4, -0.2) is 86.1 Å². The number of benzene rings is 1. The number of nitrogens with zero attached hydrogens (tertiary/aromatic N) is 5. The van der Waals surface area contributed by atoms with E-state index in [0.717, 1.165) is 4.31 Å². The van der Waals surface area contributed by atoms with Gasteiger partial charge in [-0.2, -0.15) is 4.31 Å². The van der Waals surface area contributed by atoms with Crippen molar-refractivity contribution >= 4 is 26.0 Å². The summed E-state index contributed by atoms with van der Waals surface area (Å²) in [5.74, 6) is -0.263. The maximum atomic E-state index is 12.9. The molecule has 0 radical (unpaired) electrons. The van der Waals surface area contributed by atoms with Gasteiger partial charge >= 0.3 is 0 Å². The molecule has 0 unspecified atom stereocenters. The third-order valence-electron chi connectivity index (χ3n) is 4.91. The molecule has 0 aliphatic carbocycles. The van der Waals surface area contributed by atoms with E-state index >= 15 is 0 Å². The fourth-order valence-corrected chi connectivity index (χ4v) is 5.49. The monoisotopic (exact) mass is 455 g/mol. The Balaban J connectivity index is 1.72. The number of aromatic nitrogens is 2. The number of hydrogen-bond acceptors (Lipinski definition) is 6. The smallest absolute Gasteiger partial charge is 0.262 e. The molecule has 164 valence electrons. The van der Waals surface area contributed by atoms with E-state index < -0.39 is 20.0 Å². The van der Waals surface area contributed by atoms with Crippen LogP contribution in [0.1, 0.15) is 16.8 Å². The molecule has 1 fully saturated rings. The first kappa shape index (κ1) is 22.4. The molecule has 1 aliphatic heterocycles. The second-order valence-electron chi connectivity index (χ2n) is 7.24. The van der Waals surface area contributed by atoms with Crippen LogP contribution < -0.4 is 0 Å². The van der Waals surface area contributed by atoms with Gasteiger partial charge in [0.1, 0.15) is 0 Å². The van der Waals surface area contributed by atoms with E-state index in [0.29, 0.717) is 25.1 Å². The quantitative estimate of drug-likeness (QED) is 0.637. The molecule has 12 heteroatoms. The standard InChI is InChI=1S/C18H25N5O5S2/c1-20(2)29(25,26)16-7-5-15(6-8-16)18(24)22-9-4-10-23(12-11-22)30(27,28)17-13-21(3)14-19-17/h5-8,13-14H,4,9-12H2,1-3H3. The highest BCUT2D eigenvalue weighted by molar-refractivity contribution is 7.89. The van der Waals surface area contributed by atoms with Crippen molar-refractivity contribution < 1.29 is 21.6 Å². The number of amides is 1. The molecule has 0 saturated carbocycles. The van der Waals surface area contributed by atoms with Crippen LogP contribution in [0.4, 0.5) is 0 Å². The minimum Gasteiger partial charge on any atom is -0.339 e. The van der Waals surface area contributed by atoms with Gasteiger partial charge in [0, 0.05) is 59.1 Å². The normalized spacial score (nSPS) is 16.6. The minimum absolute atomic E-state index is 0.0116. The molecule has 0 N–H and O–H groups in total. The highest BCUT2D eigenvalue weighted by Crippen LogP contribution is 2.18. The molecule has 0 spiro atoms. The lowest BCUT2D eigenvalue weighted by molar-refractivity contribution is 0.0764. The molecule has 1 aromatic heterocycles. The fourth-order valence-electron chi connectivity index (χ4n) is 3.15. The van der Waals surface area contributed by atoms with E-state index in [1.54, 1.807) is 16.5 Å². The van der Waals surface area contributed by atoms with Gasteiger partial charge in [0.2, 0.25) is 10.0 Å². The number of hydrogen-bond donors (Lipinski definition) is 0. The van der Waals surface area contributed by atoms with Gasteiger partial charge in [-0.05, 0) is 30.7 Å². The number of sulfonamides is 2. The number of carbonyl (C=O) groups is 1. The zero-order valence-electron chi connectivity index (χ0n) is 17.1. The zero-order valence-corrected chi connectivity index (χ0v) is 18.7. The van der Waals surface area contributed by atoms with Crippen LogP contribution in [0.25, 0.3) is 0 Å². The molecule has 2 heterocycles. The van der Waals surface area contributed by atoms with Crippen molar-refractivity contribution in [2.24, 2.45) is 7.05 Å². The van der Waals surface area contributed by atoms with Crippen molar-refractivity contribution in [3.05, 3.63) is 42.4 Å². The maximum absolute atomic E-state index is 12.9. The van der Waals surface area contributed by atoms with Crippen LogP contribution in [-0.2, 0) is 27.1 Å². The summed E-state index contributed by atoms with van der Waals surface area (Å²) < 4.78 is 53.9. The first-order chi connectivity index (χ1) is 14.0. The van der Waals surface area contributed by atoms with Crippen molar-refractivity contribution in [2.75, 3.05) is 40.3 Å². The Morgan fingerprint density at radius 2 is 1.67 bits per heavy atom. The average Bonchev–Trinajstić information content (AvgIpc) is 3.00. The first-order valence-electron chi connectivity index (χ1n) is 9.33. The van der Waals surface area contributed by atoms with Crippen molar-refractivity contribution in [2.45, 2.75) is 16.3 Å². The first-order valence-corrected chi connectivity index (χ1v) is 12.2. The molecule has 30 heavy (non-hydrogen) atoms. The SMILES string of the molecule is CN(C)S(=O)(=O)c1ccc(C(=O)N2CCCN(S(=O)(=O)c3cn(C)cn3)CC2)cc1. The Hall–Kier alpha value is -2.28. The maximum Gasteiger partial charge on any atom is 0.262 e. The molecule has 3 rings (SSSR count). The van der Waals surface area contributed by atoms with Gasteiger partial charge < -0.3 is 9.47 Å². The Morgan fingerprint density at radius 3 is 2.23 bits per heavy atom. The lowest BCUT2D eigenvalue weighted by Gasteiger charge is -2.21. The number of rotatable bonds is 5. The second-order valence-corrected chi connectivity index (χ2v) is 11.3. The van der Waals surface area contributed by atoms with Crippen LogP contribution in [0.2, 0.25) is 0 Å². The Bertz CT molecular complexity index is 1120. The highest BCUT2D eigenvalue weighted by Gasteiger charge is 2.30. The predicted octanol–water partition coefficient (Wildman–Crippen LogP) is 0.207. The van der Waals surface area contributed by atoms with Crippen LogP contribution in [0.15, 0.2) is 46.7 Å². The van der Waals surface area contributed by atoms with Gasteiger partial charge in [0.15, 0.2) is 5.03 Å². The van der Waals surface area contributed by atoms with Gasteiger partial charge in [-0.15, -0.1) is 0 Å². The summed E-state index contributed by atoms with van der Waals surface area (Å²) in [5, 5.41) is -0.0116.